The van der Waals surface area contributed by atoms with E-state index in [2.05, 4.69) is 17.5 Å². The molecule has 0 aliphatic carbocycles. The van der Waals surface area contributed by atoms with E-state index in [4.69, 9.17) is 0 Å². The molecule has 0 aromatic heterocycles. The standard InChI is InChI=1S/C20H25N3O3S/c1-4-16-10-12-17(13-11-16)15-21-22-20(24)18-8-7-9-19(14-18)27(25,26)23(5-2)6-3/h7-15H,4-6H2,1-3H3,(H,22,24)/b21-15-. The number of nitrogens with one attached hydrogen (secondary N) is 1. The largest absolute Gasteiger partial charge is 0.271 e. The molecule has 1 N–H and O–H groups in total. The van der Waals surface area contributed by atoms with Gasteiger partial charge in [-0.2, -0.15) is 9.41 Å². The highest BCUT2D eigenvalue weighted by atomic mass is 32.2. The Balaban J connectivity index is 2.11. The lowest BCUT2D eigenvalue weighted by Gasteiger charge is -2.18. The number of sulfonamides is 1. The van der Waals surface area contributed by atoms with Gasteiger partial charge in [0.1, 0.15) is 0 Å². The lowest BCUT2D eigenvalue weighted by molar-refractivity contribution is 0.0955. The predicted octanol–water partition coefficient (Wildman–Crippen LogP) is 3.04. The first-order valence-electron chi connectivity index (χ1n) is 8.94. The van der Waals surface area contributed by atoms with E-state index in [9.17, 15) is 13.2 Å². The van der Waals surface area contributed by atoms with Crippen LogP contribution in [0.4, 0.5) is 0 Å². The van der Waals surface area contributed by atoms with Crippen LogP contribution in [0.5, 0.6) is 0 Å². The third-order valence-electron chi connectivity index (χ3n) is 4.21. The fourth-order valence-corrected chi connectivity index (χ4v) is 4.08. The van der Waals surface area contributed by atoms with Crippen molar-refractivity contribution in [1.82, 2.24) is 9.73 Å². The van der Waals surface area contributed by atoms with E-state index in [1.807, 2.05) is 24.3 Å². The summed E-state index contributed by atoms with van der Waals surface area (Å²) in [6.07, 6.45) is 2.51. The first kappa shape index (κ1) is 20.8. The molecule has 0 saturated carbocycles. The minimum atomic E-state index is -3.61. The Labute approximate surface area is 161 Å². The molecule has 0 heterocycles. The first-order valence-corrected chi connectivity index (χ1v) is 10.4. The average molecular weight is 388 g/mol. The number of benzene rings is 2. The lowest BCUT2D eigenvalue weighted by Crippen LogP contribution is -2.30. The molecule has 0 bridgehead atoms. The topological polar surface area (TPSA) is 78.8 Å². The van der Waals surface area contributed by atoms with E-state index in [0.29, 0.717) is 13.1 Å². The zero-order valence-electron chi connectivity index (χ0n) is 15.8. The quantitative estimate of drug-likeness (QED) is 0.558. The summed E-state index contributed by atoms with van der Waals surface area (Å²) in [5, 5.41) is 3.95. The van der Waals surface area contributed by atoms with Gasteiger partial charge in [-0.1, -0.05) is 51.1 Å². The van der Waals surface area contributed by atoms with Crippen LogP contribution in [0, 0.1) is 0 Å². The Kier molecular flexibility index (Phi) is 7.27. The number of amides is 1. The van der Waals surface area contributed by atoms with Gasteiger partial charge in [0, 0.05) is 18.7 Å². The zero-order chi connectivity index (χ0) is 19.9. The Morgan fingerprint density at radius 3 is 2.33 bits per heavy atom. The second-order valence-corrected chi connectivity index (χ2v) is 7.85. The highest BCUT2D eigenvalue weighted by Crippen LogP contribution is 2.17. The summed E-state index contributed by atoms with van der Waals surface area (Å²) in [6.45, 7) is 6.38. The number of nitrogens with zero attached hydrogens (tertiary/aromatic N) is 2. The third-order valence-corrected chi connectivity index (χ3v) is 6.25. The maximum atomic E-state index is 12.6. The van der Waals surface area contributed by atoms with E-state index in [1.165, 1.54) is 22.0 Å². The first-order chi connectivity index (χ1) is 12.9. The van der Waals surface area contributed by atoms with E-state index in [1.54, 1.807) is 32.2 Å². The van der Waals surface area contributed by atoms with Crippen LogP contribution in [0.1, 0.15) is 42.3 Å². The summed E-state index contributed by atoms with van der Waals surface area (Å²) in [4.78, 5) is 12.4. The molecular weight excluding hydrogens is 362 g/mol. The molecule has 144 valence electrons. The van der Waals surface area contributed by atoms with Crippen molar-refractivity contribution in [2.24, 2.45) is 5.10 Å². The maximum absolute atomic E-state index is 12.6. The van der Waals surface area contributed by atoms with Gasteiger partial charge in [-0.15, -0.1) is 0 Å². The number of carbonyl (C=O) groups is 1. The van der Waals surface area contributed by atoms with Crippen LogP contribution in [0.15, 0.2) is 58.5 Å². The van der Waals surface area contributed by atoms with E-state index in [-0.39, 0.29) is 10.5 Å². The second kappa shape index (κ2) is 9.43. The minimum absolute atomic E-state index is 0.0954. The normalized spacial score (nSPS) is 11.9. The molecule has 0 fully saturated rings. The molecule has 0 atom stereocenters. The van der Waals surface area contributed by atoms with Crippen molar-refractivity contribution in [3.05, 3.63) is 65.2 Å². The number of carbonyl (C=O) groups excluding carboxylic acids is 1. The van der Waals surface area contributed by atoms with Gasteiger partial charge in [-0.25, -0.2) is 13.8 Å². The Morgan fingerprint density at radius 2 is 1.74 bits per heavy atom. The minimum Gasteiger partial charge on any atom is -0.267 e. The molecule has 7 heteroatoms. The fourth-order valence-electron chi connectivity index (χ4n) is 2.58. The Bertz CT molecular complexity index is 902. The molecule has 2 rings (SSSR count). The van der Waals surface area contributed by atoms with Crippen molar-refractivity contribution >= 4 is 22.1 Å². The van der Waals surface area contributed by atoms with Crippen molar-refractivity contribution in [1.29, 1.82) is 0 Å². The molecule has 2 aromatic carbocycles. The van der Waals surface area contributed by atoms with Crippen molar-refractivity contribution in [3.63, 3.8) is 0 Å². The maximum Gasteiger partial charge on any atom is 0.271 e. The molecule has 0 saturated heterocycles. The van der Waals surface area contributed by atoms with E-state index < -0.39 is 15.9 Å². The van der Waals surface area contributed by atoms with Gasteiger partial charge in [-0.05, 0) is 35.7 Å². The van der Waals surface area contributed by atoms with Crippen LogP contribution in [-0.4, -0.2) is 37.9 Å². The molecule has 0 aliphatic rings. The zero-order valence-corrected chi connectivity index (χ0v) is 16.7. The summed E-state index contributed by atoms with van der Waals surface area (Å²) < 4.78 is 26.5. The summed E-state index contributed by atoms with van der Waals surface area (Å²) in [5.41, 5.74) is 4.76. The van der Waals surface area contributed by atoms with Crippen LogP contribution in [0.25, 0.3) is 0 Å². The predicted molar refractivity (Wildman–Crippen MR) is 107 cm³/mol. The Hall–Kier alpha value is -2.51. The molecule has 1 amide bonds. The van der Waals surface area contributed by atoms with Crippen LogP contribution in [0.2, 0.25) is 0 Å². The monoisotopic (exact) mass is 387 g/mol. The molecular formula is C20H25N3O3S. The van der Waals surface area contributed by atoms with Gasteiger partial charge in [0.05, 0.1) is 11.1 Å². The van der Waals surface area contributed by atoms with Crippen molar-refractivity contribution in [2.45, 2.75) is 32.1 Å². The van der Waals surface area contributed by atoms with Gasteiger partial charge in [0.25, 0.3) is 5.91 Å². The van der Waals surface area contributed by atoms with Crippen molar-refractivity contribution in [3.8, 4) is 0 Å². The number of hydrogen-bond donors (Lipinski definition) is 1. The number of hydrogen-bond acceptors (Lipinski definition) is 4. The van der Waals surface area contributed by atoms with Crippen LogP contribution < -0.4 is 5.43 Å². The van der Waals surface area contributed by atoms with Crippen molar-refractivity contribution in [2.75, 3.05) is 13.1 Å². The van der Waals surface area contributed by atoms with Crippen LogP contribution >= 0.6 is 0 Å². The molecule has 6 nitrogen and oxygen atoms in total. The summed E-state index contributed by atoms with van der Waals surface area (Å²) in [5.74, 6) is -0.465. The fraction of sp³-hybridized carbons (Fsp3) is 0.300. The van der Waals surface area contributed by atoms with Gasteiger partial charge in [0.15, 0.2) is 0 Å². The second-order valence-electron chi connectivity index (χ2n) is 5.91. The van der Waals surface area contributed by atoms with Gasteiger partial charge in [0.2, 0.25) is 10.0 Å². The van der Waals surface area contributed by atoms with E-state index >= 15 is 0 Å². The lowest BCUT2D eigenvalue weighted by atomic mass is 10.1. The molecule has 0 aliphatic heterocycles. The molecule has 0 radical (unpaired) electrons. The summed E-state index contributed by atoms with van der Waals surface area (Å²) in [7, 11) is -3.61. The summed E-state index contributed by atoms with van der Waals surface area (Å²) in [6, 6.07) is 13.8. The smallest absolute Gasteiger partial charge is 0.267 e. The molecule has 2 aromatic rings. The highest BCUT2D eigenvalue weighted by Gasteiger charge is 2.22. The van der Waals surface area contributed by atoms with Crippen LogP contribution in [0.3, 0.4) is 0 Å². The molecule has 0 unspecified atom stereocenters. The van der Waals surface area contributed by atoms with Crippen molar-refractivity contribution < 1.29 is 13.2 Å². The van der Waals surface area contributed by atoms with Gasteiger partial charge < -0.3 is 0 Å². The Morgan fingerprint density at radius 1 is 1.07 bits per heavy atom. The van der Waals surface area contributed by atoms with Gasteiger partial charge >= 0.3 is 0 Å². The van der Waals surface area contributed by atoms with Gasteiger partial charge in [-0.3, -0.25) is 4.79 Å². The average Bonchev–Trinajstić information content (AvgIpc) is 2.69. The highest BCUT2D eigenvalue weighted by molar-refractivity contribution is 7.89. The number of hydrazone groups is 1. The third kappa shape index (κ3) is 5.24. The SMILES string of the molecule is CCc1ccc(/C=N\NC(=O)c2cccc(S(=O)(=O)N(CC)CC)c2)cc1. The van der Waals surface area contributed by atoms with E-state index in [0.717, 1.165) is 12.0 Å². The molecule has 0 spiro atoms. The number of rotatable bonds is 8. The molecule has 27 heavy (non-hydrogen) atoms. The van der Waals surface area contributed by atoms with Crippen LogP contribution in [-0.2, 0) is 16.4 Å². The summed E-state index contributed by atoms with van der Waals surface area (Å²) >= 11 is 0. The number of aryl methyl sites for hydroxylation is 1.